The maximum atomic E-state index is 12.0. The Kier molecular flexibility index (Phi) is 16.6. The smallest absolute Gasteiger partial charge is 0.410 e. The molecule has 0 aromatic carbocycles. The van der Waals surface area contributed by atoms with Crippen LogP contribution in [-0.4, -0.2) is 146 Å². The van der Waals surface area contributed by atoms with Crippen molar-refractivity contribution in [3.63, 3.8) is 0 Å². The Morgan fingerprint density at radius 3 is 1.50 bits per heavy atom. The lowest BCUT2D eigenvalue weighted by atomic mass is 10.0. The van der Waals surface area contributed by atoms with Crippen molar-refractivity contribution in [2.24, 2.45) is 0 Å². The molecule has 3 aliphatic heterocycles. The molecule has 42 heavy (non-hydrogen) atoms. The van der Waals surface area contributed by atoms with E-state index in [4.69, 9.17) is 33.5 Å². The second-order valence-electron chi connectivity index (χ2n) is 12.9. The van der Waals surface area contributed by atoms with Crippen molar-refractivity contribution >= 4 is 12.2 Å². The predicted octanol–water partition coefficient (Wildman–Crippen LogP) is 2.19. The van der Waals surface area contributed by atoms with Gasteiger partial charge in [-0.3, -0.25) is 0 Å². The summed E-state index contributed by atoms with van der Waals surface area (Å²) >= 11 is 0. The van der Waals surface area contributed by atoms with Crippen LogP contribution in [0.25, 0.3) is 0 Å². The van der Waals surface area contributed by atoms with Crippen molar-refractivity contribution in [1.82, 2.24) is 9.80 Å². The minimum absolute atomic E-state index is 0.114. The summed E-state index contributed by atoms with van der Waals surface area (Å²) in [5.74, 6) is 0. The molecule has 3 rings (SSSR count). The lowest BCUT2D eigenvalue weighted by Crippen LogP contribution is -2.48. The summed E-state index contributed by atoms with van der Waals surface area (Å²) < 4.78 is 31.1. The average molecular weight is 609 g/mol. The van der Waals surface area contributed by atoms with E-state index in [1.54, 1.807) is 27.9 Å². The number of amides is 2. The summed E-state index contributed by atoms with van der Waals surface area (Å²) in [6.07, 6.45) is 2.26. The number of rotatable bonds is 5. The summed E-state index contributed by atoms with van der Waals surface area (Å²) in [5, 5.41) is 29.6. The largest absolute Gasteiger partial charge is 0.444 e. The van der Waals surface area contributed by atoms with Crippen molar-refractivity contribution in [3.8, 4) is 0 Å². The zero-order chi connectivity index (χ0) is 31.9. The first-order valence-corrected chi connectivity index (χ1v) is 14.8. The van der Waals surface area contributed by atoms with Crippen LogP contribution in [0.1, 0.15) is 67.2 Å². The molecule has 3 aliphatic rings. The van der Waals surface area contributed by atoms with E-state index in [0.29, 0.717) is 39.3 Å². The van der Waals surface area contributed by atoms with Crippen LogP contribution in [0, 0.1) is 0 Å². The van der Waals surface area contributed by atoms with Gasteiger partial charge >= 0.3 is 12.2 Å². The predicted molar refractivity (Wildman–Crippen MR) is 155 cm³/mol. The van der Waals surface area contributed by atoms with Gasteiger partial charge in [0.25, 0.3) is 0 Å². The number of methoxy groups -OCH3 is 1. The molecule has 13 heteroatoms. The zero-order valence-electron chi connectivity index (χ0n) is 26.8. The van der Waals surface area contributed by atoms with Crippen LogP contribution in [0.5, 0.6) is 0 Å². The van der Waals surface area contributed by atoms with E-state index < -0.39 is 34.6 Å². The summed E-state index contributed by atoms with van der Waals surface area (Å²) in [6, 6.07) is 0. The van der Waals surface area contributed by atoms with Crippen molar-refractivity contribution in [3.05, 3.63) is 0 Å². The molecule has 0 spiro atoms. The monoisotopic (exact) mass is 608 g/mol. The Bertz CT molecular complexity index is 775. The molecule has 2 atom stereocenters. The third kappa shape index (κ3) is 16.8. The van der Waals surface area contributed by atoms with Crippen LogP contribution in [0.4, 0.5) is 9.59 Å². The van der Waals surface area contributed by atoms with Gasteiger partial charge in [0.1, 0.15) is 22.4 Å². The van der Waals surface area contributed by atoms with Gasteiger partial charge in [-0.15, -0.1) is 0 Å². The summed E-state index contributed by atoms with van der Waals surface area (Å²) in [7, 11) is 1.58. The minimum Gasteiger partial charge on any atom is -0.444 e. The molecule has 0 aliphatic carbocycles. The minimum atomic E-state index is -1.21. The van der Waals surface area contributed by atoms with Gasteiger partial charge in [-0.05, 0) is 54.4 Å². The molecule has 0 aromatic heterocycles. The molecule has 0 aromatic rings. The molecule has 2 amide bonds. The fraction of sp³-hybridized carbons (Fsp3) is 0.931. The Balaban J connectivity index is 0.000000359. The first-order valence-electron chi connectivity index (χ1n) is 14.8. The van der Waals surface area contributed by atoms with Gasteiger partial charge in [-0.2, -0.15) is 0 Å². The van der Waals surface area contributed by atoms with E-state index in [1.807, 2.05) is 20.8 Å². The molecule has 0 saturated carbocycles. The third-order valence-corrected chi connectivity index (χ3v) is 6.20. The van der Waals surface area contributed by atoms with Gasteiger partial charge in [0.2, 0.25) is 0 Å². The maximum Gasteiger partial charge on any atom is 0.410 e. The number of carbonyl (C=O) groups excluding carboxylic acids is 2. The Morgan fingerprint density at radius 1 is 0.738 bits per heavy atom. The van der Waals surface area contributed by atoms with Gasteiger partial charge in [0.15, 0.2) is 0 Å². The summed E-state index contributed by atoms with van der Waals surface area (Å²) in [6.45, 7) is 15.3. The van der Waals surface area contributed by atoms with Crippen molar-refractivity contribution in [2.45, 2.75) is 89.6 Å². The van der Waals surface area contributed by atoms with E-state index in [1.165, 1.54) is 22.6 Å². The number of ether oxygens (including phenoxy) is 6. The summed E-state index contributed by atoms with van der Waals surface area (Å²) in [5.41, 5.74) is -3.40. The fourth-order valence-corrected chi connectivity index (χ4v) is 4.11. The maximum absolute atomic E-state index is 12.0. The van der Waals surface area contributed by atoms with Gasteiger partial charge in [-0.1, -0.05) is 0 Å². The van der Waals surface area contributed by atoms with E-state index in [0.717, 1.165) is 13.2 Å². The zero-order valence-corrected chi connectivity index (χ0v) is 26.8. The van der Waals surface area contributed by atoms with Crippen LogP contribution in [0.3, 0.4) is 0 Å². The highest BCUT2D eigenvalue weighted by molar-refractivity contribution is 5.68. The Labute approximate surface area is 251 Å². The molecule has 0 bridgehead atoms. The van der Waals surface area contributed by atoms with E-state index in [2.05, 4.69) is 0 Å². The highest BCUT2D eigenvalue weighted by Gasteiger charge is 2.36. The first kappa shape index (κ1) is 38.3. The average Bonchev–Trinajstić information content (AvgIpc) is 3.31. The van der Waals surface area contributed by atoms with Crippen LogP contribution in [0.2, 0.25) is 0 Å². The second-order valence-corrected chi connectivity index (χ2v) is 12.9. The normalized spacial score (nSPS) is 25.2. The molecule has 3 heterocycles. The quantitative estimate of drug-likeness (QED) is 0.420. The van der Waals surface area contributed by atoms with E-state index in [9.17, 15) is 19.8 Å². The van der Waals surface area contributed by atoms with Gasteiger partial charge in [0, 0.05) is 59.5 Å². The third-order valence-electron chi connectivity index (χ3n) is 6.20. The van der Waals surface area contributed by atoms with Crippen molar-refractivity contribution in [2.75, 3.05) is 86.1 Å². The molecule has 0 radical (unpaired) electrons. The van der Waals surface area contributed by atoms with E-state index >= 15 is 0 Å². The second kappa shape index (κ2) is 18.2. The lowest BCUT2D eigenvalue weighted by molar-refractivity contribution is -0.0560. The number of aliphatic hydroxyl groups is 3. The number of hydrogen-bond acceptors (Lipinski definition) is 11. The molecule has 3 saturated heterocycles. The topological polar surface area (TPSA) is 157 Å². The number of nitrogens with zero attached hydrogens (tertiary/aromatic N) is 2. The molecular weight excluding hydrogens is 552 g/mol. The van der Waals surface area contributed by atoms with Crippen molar-refractivity contribution < 1.29 is 53.3 Å². The summed E-state index contributed by atoms with van der Waals surface area (Å²) in [4.78, 5) is 26.9. The van der Waals surface area contributed by atoms with Crippen LogP contribution in [-0.2, 0) is 28.4 Å². The molecular formula is C29H56N2O11. The van der Waals surface area contributed by atoms with Crippen LogP contribution < -0.4 is 0 Å². The van der Waals surface area contributed by atoms with Gasteiger partial charge in [-0.25, -0.2) is 9.59 Å². The van der Waals surface area contributed by atoms with E-state index in [-0.39, 0.29) is 39.3 Å². The molecule has 248 valence electrons. The number of aliphatic hydroxyl groups excluding tert-OH is 1. The molecule has 3 N–H and O–H groups in total. The highest BCUT2D eigenvalue weighted by atomic mass is 16.6. The Hall–Kier alpha value is -1.74. The molecule has 2 unspecified atom stereocenters. The lowest BCUT2D eigenvalue weighted by Gasteiger charge is -2.32. The SMILES string of the molecule is C1CCOC1.CC(C)(C)OC(=O)N1CCOCC(O)(CCO)C1.COCCC1(O)COCCN(C(=O)OC(C)(C)C)C1. The number of carbonyl (C=O) groups is 2. The standard InChI is InChI=1S/C13H25NO5.C12H23NO5.C4H8O/c1-12(2,3)19-11(15)14-6-8-18-10-13(16,9-14)5-7-17-4;1-11(2,3)18-10(15)13-5-7-17-9-12(16,8-13)4-6-14;1-2-4-5-3-1/h16H,5-10H2,1-4H3;14,16H,4-9H2,1-3H3;1-4H2. The first-order chi connectivity index (χ1) is 19.5. The fourth-order valence-electron chi connectivity index (χ4n) is 4.11. The molecule has 3 fully saturated rings. The van der Waals surface area contributed by atoms with Gasteiger partial charge < -0.3 is 53.5 Å². The Morgan fingerprint density at radius 2 is 1.17 bits per heavy atom. The highest BCUT2D eigenvalue weighted by Crippen LogP contribution is 2.20. The number of hydrogen-bond donors (Lipinski definition) is 3. The number of β-amino-alcohol motifs (C(OH)–C–C–N with tert-alkyl or cyclic N) is 2. The van der Waals surface area contributed by atoms with Crippen LogP contribution >= 0.6 is 0 Å². The van der Waals surface area contributed by atoms with Crippen LogP contribution in [0.15, 0.2) is 0 Å². The van der Waals surface area contributed by atoms with Gasteiger partial charge in [0.05, 0.1) is 39.5 Å². The van der Waals surface area contributed by atoms with Crippen molar-refractivity contribution in [1.29, 1.82) is 0 Å². The molecule has 13 nitrogen and oxygen atoms in total.